The number of amides is 1. The molecule has 0 aromatic heterocycles. The molecule has 0 N–H and O–H groups in total. The minimum atomic E-state index is -0.275. The Hall–Kier alpha value is 2.93. The summed E-state index contributed by atoms with van der Waals surface area (Å²) in [6, 6.07) is -0.353. The number of carbonyl (C=O) groups excluding carboxylic acids is 4. The third-order valence-corrected chi connectivity index (χ3v) is 6.05. The Morgan fingerprint density at radius 3 is 1.27 bits per heavy atom. The number of piperazine rings is 1. The Bertz CT molecular complexity index is 600. The maximum absolute atomic E-state index is 10.7. The van der Waals surface area contributed by atoms with Crippen LogP contribution >= 0.6 is 0 Å². The molecule has 4 saturated heterocycles. The summed E-state index contributed by atoms with van der Waals surface area (Å²) in [5, 5.41) is 16.2. The Labute approximate surface area is 347 Å². The largest absolute Gasteiger partial charge is 0.662 e. The number of hydrogen-bond acceptors (Lipinski definition) is 4. The molecule has 1 amide bonds. The van der Waals surface area contributed by atoms with E-state index in [1.165, 1.54) is 0 Å². The van der Waals surface area contributed by atoms with Crippen molar-refractivity contribution in [2.45, 2.75) is 71.4 Å². The third kappa shape index (κ3) is 26.2. The van der Waals surface area contributed by atoms with Gasteiger partial charge < -0.3 is 40.6 Å². The molecule has 16 heteroatoms. The molecular formula is C24H40B3N5O4Y4-4. The van der Waals surface area contributed by atoms with Gasteiger partial charge in [0.05, 0.1) is 17.0 Å². The van der Waals surface area contributed by atoms with Gasteiger partial charge >= 0.3 is 0 Å². The maximum atomic E-state index is 10.7. The van der Waals surface area contributed by atoms with Gasteiger partial charge in [0, 0.05) is 157 Å². The Kier molecular flexibility index (Phi) is 43.7. The summed E-state index contributed by atoms with van der Waals surface area (Å²) in [4.78, 5) is 43.9. The van der Waals surface area contributed by atoms with E-state index in [1.807, 2.05) is 4.90 Å². The minimum absolute atomic E-state index is 0. The van der Waals surface area contributed by atoms with Gasteiger partial charge in [-0.25, -0.2) is 0 Å². The molecule has 4 heterocycles. The molecule has 9 nitrogen and oxygen atoms in total. The molecule has 4 aliphatic heterocycles. The van der Waals surface area contributed by atoms with Gasteiger partial charge in [0.25, 0.3) is 0 Å². The third-order valence-electron chi connectivity index (χ3n) is 6.05. The fourth-order valence-electron chi connectivity index (χ4n) is 3.83. The van der Waals surface area contributed by atoms with E-state index >= 15 is 0 Å². The summed E-state index contributed by atoms with van der Waals surface area (Å²) >= 11 is 0. The zero-order valence-electron chi connectivity index (χ0n) is 23.2. The van der Waals surface area contributed by atoms with Gasteiger partial charge in [-0.1, -0.05) is 64.5 Å². The van der Waals surface area contributed by atoms with Gasteiger partial charge in [-0.2, -0.15) is 0 Å². The molecule has 2 atom stereocenters. The average molecular weight is 851 g/mol. The molecule has 0 bridgehead atoms. The summed E-state index contributed by atoms with van der Waals surface area (Å²) in [6.07, 6.45) is 6.66. The molecular weight excluding hydrogens is 810 g/mol. The predicted octanol–water partition coefficient (Wildman–Crippen LogP) is 2.14. The van der Waals surface area contributed by atoms with Crippen LogP contribution in [0.5, 0.6) is 0 Å². The van der Waals surface area contributed by atoms with Gasteiger partial charge in [0.1, 0.15) is 0 Å². The SMILES string of the molecule is C.CC(=O)N1CC[N-]CC1.[B]C(=O)C1CCCC[N-]1.[B]C(=O)C1CCC[N-]1.[B]C(=O)C1CC[N-]CC1.[Y].[Y].[Y].[Y]. The molecule has 0 aromatic carbocycles. The number of rotatable bonds is 3. The van der Waals surface area contributed by atoms with Crippen LogP contribution in [-0.4, -0.2) is 116 Å². The van der Waals surface area contributed by atoms with Crippen molar-refractivity contribution < 1.29 is 150 Å². The average Bonchev–Trinajstić information content (AvgIpc) is 3.43. The summed E-state index contributed by atoms with van der Waals surface area (Å²) in [6.45, 7) is 8.12. The summed E-state index contributed by atoms with van der Waals surface area (Å²) in [7, 11) is 15.1. The van der Waals surface area contributed by atoms with Crippen LogP contribution in [0.1, 0.15) is 59.3 Å². The second-order valence-electron chi connectivity index (χ2n) is 8.81. The summed E-state index contributed by atoms with van der Waals surface area (Å²) in [5.74, 6) is 0.271. The second kappa shape index (κ2) is 33.3. The molecule has 0 aromatic rings. The molecule has 10 radical (unpaired) electrons. The Balaban J connectivity index is -0.000000131. The van der Waals surface area contributed by atoms with Gasteiger partial charge in [-0.15, -0.1) is 39.3 Å². The van der Waals surface area contributed by atoms with E-state index < -0.39 is 0 Å². The first-order chi connectivity index (χ1) is 16.7. The van der Waals surface area contributed by atoms with Crippen molar-refractivity contribution in [3.8, 4) is 0 Å². The van der Waals surface area contributed by atoms with Crippen LogP contribution in [0.15, 0.2) is 0 Å². The first kappa shape index (κ1) is 52.5. The van der Waals surface area contributed by atoms with Crippen molar-refractivity contribution in [3.05, 3.63) is 21.3 Å². The molecule has 210 valence electrons. The molecule has 40 heavy (non-hydrogen) atoms. The van der Waals surface area contributed by atoms with Crippen LogP contribution in [0.3, 0.4) is 0 Å². The van der Waals surface area contributed by atoms with Gasteiger partial charge in [0.15, 0.2) is 23.5 Å². The topological polar surface area (TPSA) is 128 Å². The van der Waals surface area contributed by atoms with Crippen molar-refractivity contribution in [1.29, 1.82) is 0 Å². The number of piperidine rings is 2. The molecule has 0 aliphatic carbocycles. The van der Waals surface area contributed by atoms with E-state index in [0.29, 0.717) is 0 Å². The summed E-state index contributed by atoms with van der Waals surface area (Å²) in [5.41, 5.74) is -0.706. The van der Waals surface area contributed by atoms with E-state index in [0.717, 1.165) is 97.3 Å². The Morgan fingerprint density at radius 1 is 0.600 bits per heavy atom. The van der Waals surface area contributed by atoms with Crippen molar-refractivity contribution >= 4 is 46.5 Å². The van der Waals surface area contributed by atoms with E-state index in [4.69, 9.17) is 23.5 Å². The van der Waals surface area contributed by atoms with Crippen molar-refractivity contribution in [1.82, 2.24) is 4.90 Å². The first-order valence-electron chi connectivity index (χ1n) is 12.5. The Morgan fingerprint density at radius 2 is 1.02 bits per heavy atom. The zero-order chi connectivity index (χ0) is 26.1. The van der Waals surface area contributed by atoms with Crippen molar-refractivity contribution in [3.63, 3.8) is 0 Å². The van der Waals surface area contributed by atoms with E-state index in [-0.39, 0.29) is 179 Å². The molecule has 0 saturated carbocycles. The van der Waals surface area contributed by atoms with Crippen LogP contribution < -0.4 is 0 Å². The zero-order valence-corrected chi connectivity index (χ0v) is 34.6. The number of nitrogens with zero attached hydrogens (tertiary/aromatic N) is 5. The monoisotopic (exact) mass is 851 g/mol. The van der Waals surface area contributed by atoms with E-state index in [1.54, 1.807) is 6.92 Å². The minimum Gasteiger partial charge on any atom is -0.662 e. The van der Waals surface area contributed by atoms with Crippen LogP contribution in [-0.2, 0) is 150 Å². The van der Waals surface area contributed by atoms with Gasteiger partial charge in [-0.05, 0) is 0 Å². The van der Waals surface area contributed by atoms with Crippen LogP contribution in [0, 0.1) is 5.92 Å². The van der Waals surface area contributed by atoms with Crippen molar-refractivity contribution in [2.75, 3.05) is 52.4 Å². The quantitative estimate of drug-likeness (QED) is 0.404. The smallest absolute Gasteiger partial charge is 0.219 e. The normalized spacial score (nSPS) is 21.3. The van der Waals surface area contributed by atoms with Crippen molar-refractivity contribution in [2.24, 2.45) is 5.92 Å². The van der Waals surface area contributed by atoms with Gasteiger partial charge in [-0.3, -0.25) is 4.79 Å². The molecule has 0 spiro atoms. The number of hydrogen-bond donors (Lipinski definition) is 0. The second-order valence-corrected chi connectivity index (χ2v) is 8.81. The fourth-order valence-corrected chi connectivity index (χ4v) is 3.83. The first-order valence-corrected chi connectivity index (χ1v) is 12.5. The molecule has 4 fully saturated rings. The maximum Gasteiger partial charge on any atom is 0.219 e. The molecule has 4 rings (SSSR count). The van der Waals surface area contributed by atoms with Crippen LogP contribution in [0.4, 0.5) is 0 Å². The van der Waals surface area contributed by atoms with Crippen LogP contribution in [0.2, 0.25) is 0 Å². The fraction of sp³-hybridized carbons (Fsp3) is 0.833. The summed E-state index contributed by atoms with van der Waals surface area (Å²) < 4.78 is 0. The predicted molar refractivity (Wildman–Crippen MR) is 147 cm³/mol. The van der Waals surface area contributed by atoms with E-state index in [9.17, 15) is 19.2 Å². The van der Waals surface area contributed by atoms with Crippen LogP contribution in [0.25, 0.3) is 21.3 Å². The molecule has 2 unspecified atom stereocenters. The molecule has 4 aliphatic rings. The number of carbonyl (C=O) groups is 4. The van der Waals surface area contributed by atoms with E-state index in [2.05, 4.69) is 21.3 Å². The standard InChI is InChI=1S/2C6H9BNO.C6H11N2O.C5H7BNO.CH4.4Y/c7-6(9)5-1-3-8-4-2-5;7-6(9)5-3-1-2-4-8-5;1-6(9)8-4-2-7-3-5-8;6-5(8)4-2-1-3-7-4;;;;;/h2*5H,1-4H2;2-5H2,1H3;4H,1-3H2;1H4;;;;/q4*-1;;;;;. The van der Waals surface area contributed by atoms with Gasteiger partial charge in [0.2, 0.25) is 5.91 Å².